The Labute approximate surface area is 152 Å². The van der Waals surface area contributed by atoms with Gasteiger partial charge in [0.1, 0.15) is 5.75 Å². The van der Waals surface area contributed by atoms with Crippen molar-refractivity contribution in [3.05, 3.63) is 57.1 Å². The van der Waals surface area contributed by atoms with Crippen molar-refractivity contribution in [1.82, 2.24) is 0 Å². The number of nitrogens with zero attached hydrogens (tertiary/aromatic N) is 1. The summed E-state index contributed by atoms with van der Waals surface area (Å²) in [4.78, 5) is 33.2. The molecule has 0 fully saturated rings. The van der Waals surface area contributed by atoms with E-state index in [4.69, 9.17) is 26.2 Å². The maximum absolute atomic E-state index is 12.0. The van der Waals surface area contributed by atoms with Crippen molar-refractivity contribution in [2.75, 3.05) is 19.0 Å². The fourth-order valence-electron chi connectivity index (χ4n) is 2.00. The Kier molecular flexibility index (Phi) is 5.97. The van der Waals surface area contributed by atoms with E-state index in [1.54, 1.807) is 12.1 Å². The number of rotatable bonds is 7. The number of carboxylic acids is 1. The first kappa shape index (κ1) is 19.0. The zero-order chi connectivity index (χ0) is 19.3. The molecule has 136 valence electrons. The third-order valence-electron chi connectivity index (χ3n) is 3.20. The number of nitro groups is 1. The first-order valence-electron chi connectivity index (χ1n) is 7.09. The monoisotopic (exact) mass is 380 g/mol. The summed E-state index contributed by atoms with van der Waals surface area (Å²) in [5, 5.41) is 22.7. The molecule has 0 atom stereocenters. The summed E-state index contributed by atoms with van der Waals surface area (Å²) in [5.41, 5.74) is -0.276. The van der Waals surface area contributed by atoms with Crippen LogP contribution in [-0.2, 0) is 4.79 Å². The second kappa shape index (κ2) is 8.17. The van der Waals surface area contributed by atoms with Crippen molar-refractivity contribution in [2.24, 2.45) is 0 Å². The normalized spacial score (nSPS) is 10.1. The molecule has 2 aromatic carbocycles. The average Bonchev–Trinajstić information content (AvgIpc) is 2.59. The number of aromatic carboxylic acids is 1. The molecule has 10 heteroatoms. The van der Waals surface area contributed by atoms with Crippen LogP contribution in [0, 0.1) is 10.1 Å². The fraction of sp³-hybridized carbons (Fsp3) is 0.125. The van der Waals surface area contributed by atoms with Crippen LogP contribution in [0.5, 0.6) is 11.5 Å². The molecule has 9 nitrogen and oxygen atoms in total. The lowest BCUT2D eigenvalue weighted by molar-refractivity contribution is -0.385. The molecule has 0 aliphatic heterocycles. The third-order valence-corrected chi connectivity index (χ3v) is 3.49. The number of hydrogen-bond donors (Lipinski definition) is 2. The van der Waals surface area contributed by atoms with Crippen LogP contribution in [-0.4, -0.2) is 35.6 Å². The quantitative estimate of drug-likeness (QED) is 0.558. The minimum atomic E-state index is -1.28. The van der Waals surface area contributed by atoms with Crippen molar-refractivity contribution in [3.63, 3.8) is 0 Å². The SMILES string of the molecule is COc1ccc(NC(=O)COc2cc(C(=O)O)ccc2[N+](=O)[O-])cc1Cl. The minimum absolute atomic E-state index is 0.201. The Morgan fingerprint density at radius 3 is 2.54 bits per heavy atom. The maximum Gasteiger partial charge on any atom is 0.335 e. The Hall–Kier alpha value is -3.33. The molecular weight excluding hydrogens is 368 g/mol. The van der Waals surface area contributed by atoms with E-state index in [0.29, 0.717) is 11.4 Å². The lowest BCUT2D eigenvalue weighted by atomic mass is 10.2. The highest BCUT2D eigenvalue weighted by atomic mass is 35.5. The molecule has 0 saturated heterocycles. The van der Waals surface area contributed by atoms with Gasteiger partial charge in [0.15, 0.2) is 12.4 Å². The second-order valence-electron chi connectivity index (χ2n) is 4.93. The largest absolute Gasteiger partial charge is 0.495 e. The fourth-order valence-corrected chi connectivity index (χ4v) is 2.26. The number of anilines is 1. The summed E-state index contributed by atoms with van der Waals surface area (Å²) in [6.45, 7) is -0.562. The first-order valence-corrected chi connectivity index (χ1v) is 7.47. The Bertz CT molecular complexity index is 870. The molecule has 0 aliphatic rings. The summed E-state index contributed by atoms with van der Waals surface area (Å²) >= 11 is 5.95. The van der Waals surface area contributed by atoms with Crippen LogP contribution >= 0.6 is 11.6 Å². The number of carboxylic acid groups (broad SMARTS) is 1. The number of hydrogen-bond acceptors (Lipinski definition) is 6. The van der Waals surface area contributed by atoms with Gasteiger partial charge in [-0.1, -0.05) is 11.6 Å². The molecule has 1 amide bonds. The summed E-state index contributed by atoms with van der Waals surface area (Å²) in [7, 11) is 1.45. The van der Waals surface area contributed by atoms with Gasteiger partial charge in [0.25, 0.3) is 5.91 Å². The Balaban J connectivity index is 2.09. The van der Waals surface area contributed by atoms with Gasteiger partial charge in [0, 0.05) is 17.8 Å². The summed E-state index contributed by atoms with van der Waals surface area (Å²) < 4.78 is 10.1. The molecule has 0 radical (unpaired) electrons. The molecular formula is C16H13ClN2O7. The van der Waals surface area contributed by atoms with Gasteiger partial charge < -0.3 is 19.9 Å². The van der Waals surface area contributed by atoms with Gasteiger partial charge in [0.2, 0.25) is 0 Å². The number of carbonyl (C=O) groups is 2. The van der Waals surface area contributed by atoms with Gasteiger partial charge in [-0.3, -0.25) is 14.9 Å². The van der Waals surface area contributed by atoms with E-state index in [9.17, 15) is 19.7 Å². The summed E-state index contributed by atoms with van der Waals surface area (Å²) in [6.07, 6.45) is 0. The second-order valence-corrected chi connectivity index (χ2v) is 5.34. The molecule has 0 bridgehead atoms. The molecule has 0 saturated carbocycles. The predicted octanol–water partition coefficient (Wildman–Crippen LogP) is 2.97. The maximum atomic E-state index is 12.0. The van der Waals surface area contributed by atoms with Crippen molar-refractivity contribution in [3.8, 4) is 11.5 Å². The molecule has 26 heavy (non-hydrogen) atoms. The lowest BCUT2D eigenvalue weighted by Gasteiger charge is -2.10. The van der Waals surface area contributed by atoms with Crippen LogP contribution in [0.25, 0.3) is 0 Å². The van der Waals surface area contributed by atoms with Gasteiger partial charge in [-0.2, -0.15) is 0 Å². The molecule has 0 aliphatic carbocycles. The standard InChI is InChI=1S/C16H13ClN2O7/c1-25-13-5-3-10(7-11(13)17)18-15(20)8-26-14-6-9(16(21)22)2-4-12(14)19(23)24/h2-7H,8H2,1H3,(H,18,20)(H,21,22). The van der Waals surface area contributed by atoms with Crippen molar-refractivity contribution >= 4 is 34.9 Å². The molecule has 0 aromatic heterocycles. The van der Waals surface area contributed by atoms with Gasteiger partial charge >= 0.3 is 11.7 Å². The van der Waals surface area contributed by atoms with E-state index in [1.807, 2.05) is 0 Å². The number of benzene rings is 2. The Morgan fingerprint density at radius 1 is 1.23 bits per heavy atom. The Morgan fingerprint density at radius 2 is 1.96 bits per heavy atom. The predicted molar refractivity (Wildman–Crippen MR) is 92.2 cm³/mol. The number of ether oxygens (including phenoxy) is 2. The summed E-state index contributed by atoms with van der Waals surface area (Å²) in [5.74, 6) is -1.77. The van der Waals surface area contributed by atoms with E-state index in [-0.39, 0.29) is 16.3 Å². The minimum Gasteiger partial charge on any atom is -0.495 e. The van der Waals surface area contributed by atoms with Crippen LogP contribution < -0.4 is 14.8 Å². The molecule has 0 spiro atoms. The number of halogens is 1. The van der Waals surface area contributed by atoms with Crippen molar-refractivity contribution in [1.29, 1.82) is 0 Å². The number of nitro benzene ring substituents is 1. The number of methoxy groups -OCH3 is 1. The molecule has 2 rings (SSSR count). The van der Waals surface area contributed by atoms with E-state index in [1.165, 1.54) is 13.2 Å². The molecule has 0 unspecified atom stereocenters. The van der Waals surface area contributed by atoms with Crippen LogP contribution in [0.1, 0.15) is 10.4 Å². The van der Waals surface area contributed by atoms with Gasteiger partial charge in [-0.05, 0) is 24.3 Å². The molecule has 2 N–H and O–H groups in total. The number of carbonyl (C=O) groups excluding carboxylic acids is 1. The molecule has 0 heterocycles. The highest BCUT2D eigenvalue weighted by Crippen LogP contribution is 2.29. The van der Waals surface area contributed by atoms with Crippen LogP contribution in [0.3, 0.4) is 0 Å². The van der Waals surface area contributed by atoms with Gasteiger partial charge in [-0.15, -0.1) is 0 Å². The topological polar surface area (TPSA) is 128 Å². The smallest absolute Gasteiger partial charge is 0.335 e. The van der Waals surface area contributed by atoms with Crippen molar-refractivity contribution in [2.45, 2.75) is 0 Å². The first-order chi connectivity index (χ1) is 12.3. The highest BCUT2D eigenvalue weighted by Gasteiger charge is 2.19. The highest BCUT2D eigenvalue weighted by molar-refractivity contribution is 6.32. The van der Waals surface area contributed by atoms with E-state index in [2.05, 4.69) is 5.32 Å². The van der Waals surface area contributed by atoms with Crippen LogP contribution in [0.4, 0.5) is 11.4 Å². The number of amides is 1. The van der Waals surface area contributed by atoms with E-state index >= 15 is 0 Å². The van der Waals surface area contributed by atoms with E-state index in [0.717, 1.165) is 18.2 Å². The van der Waals surface area contributed by atoms with E-state index < -0.39 is 29.1 Å². The third kappa shape index (κ3) is 4.61. The average molecular weight is 381 g/mol. The molecule has 2 aromatic rings. The number of nitrogens with one attached hydrogen (secondary N) is 1. The zero-order valence-electron chi connectivity index (χ0n) is 13.4. The van der Waals surface area contributed by atoms with Crippen LogP contribution in [0.15, 0.2) is 36.4 Å². The summed E-state index contributed by atoms with van der Waals surface area (Å²) in [6, 6.07) is 7.63. The lowest BCUT2D eigenvalue weighted by Crippen LogP contribution is -2.20. The van der Waals surface area contributed by atoms with Gasteiger partial charge in [0.05, 0.1) is 22.6 Å². The zero-order valence-corrected chi connectivity index (χ0v) is 14.1. The van der Waals surface area contributed by atoms with Crippen LogP contribution in [0.2, 0.25) is 5.02 Å². The van der Waals surface area contributed by atoms with Gasteiger partial charge in [-0.25, -0.2) is 4.79 Å². The van der Waals surface area contributed by atoms with Crippen molar-refractivity contribution < 1.29 is 29.1 Å².